The van der Waals surface area contributed by atoms with E-state index >= 15 is 0 Å². The molecular weight excluding hydrogens is 268 g/mol. The van der Waals surface area contributed by atoms with Crippen LogP contribution in [-0.4, -0.2) is 30.4 Å². The Hall–Kier alpha value is -2.11. The van der Waals surface area contributed by atoms with E-state index in [1.54, 1.807) is 19.2 Å². The SMILES string of the molecule is COCCOCc1cccc(NCc2ccc(O)cn2)c1. The number of pyridine rings is 1. The molecule has 0 fully saturated rings. The highest BCUT2D eigenvalue weighted by molar-refractivity contribution is 5.45. The molecule has 1 heterocycles. The predicted octanol–water partition coefficient (Wildman–Crippen LogP) is 2.56. The number of anilines is 1. The predicted molar refractivity (Wildman–Crippen MR) is 81.2 cm³/mol. The number of rotatable bonds is 8. The molecule has 2 rings (SSSR count). The molecule has 0 radical (unpaired) electrons. The maximum Gasteiger partial charge on any atom is 0.133 e. The first-order chi connectivity index (χ1) is 10.3. The Morgan fingerprint density at radius 3 is 2.86 bits per heavy atom. The number of aromatic nitrogens is 1. The molecule has 0 bridgehead atoms. The van der Waals surface area contributed by atoms with Crippen molar-refractivity contribution in [3.63, 3.8) is 0 Å². The molecule has 0 saturated carbocycles. The minimum absolute atomic E-state index is 0.175. The summed E-state index contributed by atoms with van der Waals surface area (Å²) in [6.45, 7) is 2.36. The Balaban J connectivity index is 1.84. The van der Waals surface area contributed by atoms with Crippen LogP contribution in [0.15, 0.2) is 42.6 Å². The second kappa shape index (κ2) is 8.24. The standard InChI is InChI=1S/C16H20N2O3/c1-20-7-8-21-12-13-3-2-4-14(9-13)17-10-15-5-6-16(19)11-18-15/h2-6,9,11,17,19H,7-8,10,12H2,1H3. The molecule has 1 aromatic heterocycles. The summed E-state index contributed by atoms with van der Waals surface area (Å²) in [7, 11) is 1.66. The lowest BCUT2D eigenvalue weighted by Gasteiger charge is -2.09. The highest BCUT2D eigenvalue weighted by atomic mass is 16.5. The largest absolute Gasteiger partial charge is 0.506 e. The number of nitrogens with one attached hydrogen (secondary N) is 1. The van der Waals surface area contributed by atoms with Crippen LogP contribution in [0.25, 0.3) is 0 Å². The van der Waals surface area contributed by atoms with Gasteiger partial charge in [-0.15, -0.1) is 0 Å². The van der Waals surface area contributed by atoms with Gasteiger partial charge < -0.3 is 19.9 Å². The second-order valence-corrected chi connectivity index (χ2v) is 4.61. The first kappa shape index (κ1) is 15.3. The zero-order valence-corrected chi connectivity index (χ0v) is 12.1. The Bertz CT molecular complexity index is 543. The molecule has 2 aromatic rings. The summed E-state index contributed by atoms with van der Waals surface area (Å²) in [4.78, 5) is 4.13. The molecule has 0 aliphatic heterocycles. The lowest BCUT2D eigenvalue weighted by Crippen LogP contribution is -2.03. The fraction of sp³-hybridized carbons (Fsp3) is 0.312. The molecule has 1 aromatic carbocycles. The molecule has 0 spiro atoms. The van der Waals surface area contributed by atoms with E-state index in [9.17, 15) is 5.11 Å². The third-order valence-corrected chi connectivity index (χ3v) is 2.91. The monoisotopic (exact) mass is 288 g/mol. The number of hydrogen-bond donors (Lipinski definition) is 2. The summed E-state index contributed by atoms with van der Waals surface area (Å²) < 4.78 is 10.4. The van der Waals surface area contributed by atoms with Crippen LogP contribution in [0, 0.1) is 0 Å². The van der Waals surface area contributed by atoms with E-state index in [4.69, 9.17) is 9.47 Å². The number of methoxy groups -OCH3 is 1. The van der Waals surface area contributed by atoms with Crippen LogP contribution in [0.5, 0.6) is 5.75 Å². The van der Waals surface area contributed by atoms with Crippen LogP contribution in [0.2, 0.25) is 0 Å². The Labute approximate surface area is 124 Å². The highest BCUT2D eigenvalue weighted by Gasteiger charge is 1.99. The topological polar surface area (TPSA) is 63.6 Å². The number of ether oxygens (including phenoxy) is 2. The van der Waals surface area contributed by atoms with Gasteiger partial charge in [0.1, 0.15) is 5.75 Å². The van der Waals surface area contributed by atoms with Crippen LogP contribution in [0.3, 0.4) is 0 Å². The fourth-order valence-electron chi connectivity index (χ4n) is 1.82. The van der Waals surface area contributed by atoms with Crippen molar-refractivity contribution in [1.82, 2.24) is 4.98 Å². The van der Waals surface area contributed by atoms with E-state index in [0.717, 1.165) is 16.9 Å². The van der Waals surface area contributed by atoms with Crippen LogP contribution >= 0.6 is 0 Å². The first-order valence-electron chi connectivity index (χ1n) is 6.81. The molecule has 0 unspecified atom stereocenters. The van der Waals surface area contributed by atoms with E-state index in [-0.39, 0.29) is 5.75 Å². The lowest BCUT2D eigenvalue weighted by atomic mass is 10.2. The first-order valence-corrected chi connectivity index (χ1v) is 6.81. The third-order valence-electron chi connectivity index (χ3n) is 2.91. The molecule has 0 aliphatic rings. The van der Waals surface area contributed by atoms with Gasteiger partial charge in [-0.2, -0.15) is 0 Å². The van der Waals surface area contributed by atoms with Gasteiger partial charge in [0.2, 0.25) is 0 Å². The molecule has 21 heavy (non-hydrogen) atoms. The molecule has 0 aliphatic carbocycles. The molecule has 5 nitrogen and oxygen atoms in total. The quantitative estimate of drug-likeness (QED) is 0.731. The van der Waals surface area contributed by atoms with Gasteiger partial charge in [0.15, 0.2) is 0 Å². The zero-order chi connectivity index (χ0) is 14.9. The minimum atomic E-state index is 0.175. The molecule has 0 saturated heterocycles. The summed E-state index contributed by atoms with van der Waals surface area (Å²) in [5.41, 5.74) is 2.99. The highest BCUT2D eigenvalue weighted by Crippen LogP contribution is 2.13. The average Bonchev–Trinajstić information content (AvgIpc) is 2.52. The van der Waals surface area contributed by atoms with Gasteiger partial charge in [-0.3, -0.25) is 4.98 Å². The van der Waals surface area contributed by atoms with Crippen LogP contribution in [0.1, 0.15) is 11.3 Å². The van der Waals surface area contributed by atoms with Gasteiger partial charge in [-0.1, -0.05) is 12.1 Å². The maximum absolute atomic E-state index is 9.19. The Morgan fingerprint density at radius 1 is 1.19 bits per heavy atom. The Kier molecular flexibility index (Phi) is 5.99. The van der Waals surface area contributed by atoms with Crippen molar-refractivity contribution in [2.45, 2.75) is 13.2 Å². The van der Waals surface area contributed by atoms with Crippen LogP contribution in [-0.2, 0) is 22.6 Å². The molecule has 2 N–H and O–H groups in total. The van der Waals surface area contributed by atoms with E-state index in [1.165, 1.54) is 6.20 Å². The summed E-state index contributed by atoms with van der Waals surface area (Å²) in [6, 6.07) is 11.5. The van der Waals surface area contributed by atoms with Crippen molar-refractivity contribution >= 4 is 5.69 Å². The molecule has 0 atom stereocenters. The van der Waals surface area contributed by atoms with Crippen LogP contribution in [0.4, 0.5) is 5.69 Å². The molecule has 112 valence electrons. The van der Waals surface area contributed by atoms with Gasteiger partial charge in [0, 0.05) is 12.8 Å². The number of benzene rings is 1. The molecule has 5 heteroatoms. The van der Waals surface area contributed by atoms with Crippen molar-refractivity contribution in [3.05, 3.63) is 53.9 Å². The lowest BCUT2D eigenvalue weighted by molar-refractivity contribution is 0.0617. The average molecular weight is 288 g/mol. The van der Waals surface area contributed by atoms with Gasteiger partial charge in [-0.25, -0.2) is 0 Å². The van der Waals surface area contributed by atoms with E-state index in [2.05, 4.69) is 10.3 Å². The van der Waals surface area contributed by atoms with Gasteiger partial charge in [-0.05, 0) is 29.8 Å². The summed E-state index contributed by atoms with van der Waals surface area (Å²) >= 11 is 0. The van der Waals surface area contributed by atoms with E-state index in [1.807, 2.05) is 24.3 Å². The molecule has 0 amide bonds. The normalized spacial score (nSPS) is 10.5. The maximum atomic E-state index is 9.19. The van der Waals surface area contributed by atoms with E-state index < -0.39 is 0 Å². The van der Waals surface area contributed by atoms with Crippen molar-refractivity contribution in [3.8, 4) is 5.75 Å². The second-order valence-electron chi connectivity index (χ2n) is 4.61. The number of aromatic hydroxyl groups is 1. The third kappa shape index (κ3) is 5.41. The minimum Gasteiger partial charge on any atom is -0.506 e. The molecular formula is C16H20N2O3. The van der Waals surface area contributed by atoms with E-state index in [0.29, 0.717) is 26.4 Å². The van der Waals surface area contributed by atoms with Gasteiger partial charge >= 0.3 is 0 Å². The number of hydrogen-bond acceptors (Lipinski definition) is 5. The van der Waals surface area contributed by atoms with Gasteiger partial charge in [0.05, 0.1) is 38.3 Å². The van der Waals surface area contributed by atoms with Crippen molar-refractivity contribution < 1.29 is 14.6 Å². The summed E-state index contributed by atoms with van der Waals surface area (Å²) in [6.07, 6.45) is 1.44. The summed E-state index contributed by atoms with van der Waals surface area (Å²) in [5, 5.41) is 12.5. The zero-order valence-electron chi connectivity index (χ0n) is 12.1. The van der Waals surface area contributed by atoms with Crippen molar-refractivity contribution in [2.24, 2.45) is 0 Å². The van der Waals surface area contributed by atoms with Crippen LogP contribution < -0.4 is 5.32 Å². The Morgan fingerprint density at radius 2 is 2.10 bits per heavy atom. The number of nitrogens with zero attached hydrogens (tertiary/aromatic N) is 1. The smallest absolute Gasteiger partial charge is 0.133 e. The van der Waals surface area contributed by atoms with Gasteiger partial charge in [0.25, 0.3) is 0 Å². The fourth-order valence-corrected chi connectivity index (χ4v) is 1.82. The van der Waals surface area contributed by atoms with Crippen molar-refractivity contribution in [2.75, 3.05) is 25.6 Å². The summed E-state index contributed by atoms with van der Waals surface area (Å²) in [5.74, 6) is 0.175. The van der Waals surface area contributed by atoms with Crippen molar-refractivity contribution in [1.29, 1.82) is 0 Å².